The molecule has 8 heteroatoms. The zero-order valence-electron chi connectivity index (χ0n) is 15.7. The van der Waals surface area contributed by atoms with Gasteiger partial charge < -0.3 is 5.32 Å². The third-order valence-electron chi connectivity index (χ3n) is 4.55. The topological polar surface area (TPSA) is 71.0 Å². The number of fused-ring (bicyclic) bond motifs is 1. The van der Waals surface area contributed by atoms with E-state index in [1.807, 2.05) is 18.2 Å². The number of halogens is 2. The van der Waals surface area contributed by atoms with Gasteiger partial charge in [-0.25, -0.2) is 9.97 Å². The number of amides is 1. The van der Waals surface area contributed by atoms with Crippen molar-refractivity contribution in [3.63, 3.8) is 0 Å². The molecule has 0 bridgehead atoms. The summed E-state index contributed by atoms with van der Waals surface area (Å²) in [5.41, 5.74) is 2.77. The fourth-order valence-electron chi connectivity index (χ4n) is 2.88. The fourth-order valence-corrected chi connectivity index (χ4v) is 3.35. The Kier molecular flexibility index (Phi) is 6.84. The van der Waals surface area contributed by atoms with Crippen LogP contribution in [0.15, 0.2) is 36.7 Å². The molecule has 0 aliphatic rings. The number of pyridine rings is 1. The summed E-state index contributed by atoms with van der Waals surface area (Å²) in [6.45, 7) is 6.48. The zero-order chi connectivity index (χ0) is 20.1. The summed E-state index contributed by atoms with van der Waals surface area (Å²) in [5.74, 6) is -0.964. The van der Waals surface area contributed by atoms with Gasteiger partial charge in [0.1, 0.15) is 5.69 Å². The molecule has 0 aliphatic carbocycles. The Hall–Kier alpha value is -2.20. The summed E-state index contributed by atoms with van der Waals surface area (Å²) < 4.78 is 15.3. The van der Waals surface area contributed by atoms with Crippen molar-refractivity contribution < 1.29 is 9.18 Å². The molecular formula is C20H21FIN5O. The lowest BCUT2D eigenvalue weighted by Gasteiger charge is -2.20. The zero-order valence-corrected chi connectivity index (χ0v) is 17.9. The van der Waals surface area contributed by atoms with Crippen LogP contribution in [0.5, 0.6) is 0 Å². The predicted molar refractivity (Wildman–Crippen MR) is 114 cm³/mol. The van der Waals surface area contributed by atoms with Crippen molar-refractivity contribution in [1.82, 2.24) is 25.2 Å². The Morgan fingerprint density at radius 3 is 2.71 bits per heavy atom. The van der Waals surface area contributed by atoms with Crippen molar-refractivity contribution in [3.05, 3.63) is 63.0 Å². The highest BCUT2D eigenvalue weighted by Crippen LogP contribution is 2.16. The van der Waals surface area contributed by atoms with E-state index in [1.165, 1.54) is 12.4 Å². The second-order valence-corrected chi connectivity index (χ2v) is 7.52. The maximum Gasteiger partial charge on any atom is 0.271 e. The molecule has 0 unspecified atom stereocenters. The second-order valence-electron chi connectivity index (χ2n) is 6.27. The summed E-state index contributed by atoms with van der Waals surface area (Å²) in [5, 5.41) is 2.74. The monoisotopic (exact) mass is 493 g/mol. The van der Waals surface area contributed by atoms with Crippen LogP contribution in [-0.4, -0.2) is 38.8 Å². The molecule has 0 saturated heterocycles. The molecule has 1 N–H and O–H groups in total. The lowest BCUT2D eigenvalue weighted by atomic mass is 10.1. The van der Waals surface area contributed by atoms with Crippen LogP contribution in [0.4, 0.5) is 4.39 Å². The third kappa shape index (κ3) is 4.79. The molecular weight excluding hydrogens is 472 g/mol. The van der Waals surface area contributed by atoms with Crippen LogP contribution in [0.25, 0.3) is 11.0 Å². The van der Waals surface area contributed by atoms with E-state index >= 15 is 0 Å². The first-order valence-electron chi connectivity index (χ1n) is 9.07. The van der Waals surface area contributed by atoms with Crippen molar-refractivity contribution in [1.29, 1.82) is 0 Å². The second kappa shape index (κ2) is 9.33. The first-order chi connectivity index (χ1) is 13.5. The highest BCUT2D eigenvalue weighted by molar-refractivity contribution is 14.1. The minimum atomic E-state index is -0.566. The molecule has 0 spiro atoms. The molecule has 2 heterocycles. The lowest BCUT2D eigenvalue weighted by molar-refractivity contribution is 0.0945. The quantitative estimate of drug-likeness (QED) is 0.403. The molecule has 0 saturated carbocycles. The molecule has 2 aromatic heterocycles. The van der Waals surface area contributed by atoms with E-state index in [1.54, 1.807) is 6.07 Å². The minimum absolute atomic E-state index is 0.0432. The van der Waals surface area contributed by atoms with Gasteiger partial charge in [-0.15, -0.1) is 0 Å². The normalized spacial score (nSPS) is 11.2. The van der Waals surface area contributed by atoms with Crippen molar-refractivity contribution in [3.8, 4) is 0 Å². The van der Waals surface area contributed by atoms with Crippen LogP contribution in [0.1, 0.15) is 35.5 Å². The van der Waals surface area contributed by atoms with Crippen molar-refractivity contribution in [2.24, 2.45) is 0 Å². The Balaban J connectivity index is 1.76. The maximum absolute atomic E-state index is 14.3. The maximum atomic E-state index is 14.3. The van der Waals surface area contributed by atoms with Gasteiger partial charge in [0.25, 0.3) is 5.91 Å². The summed E-state index contributed by atoms with van der Waals surface area (Å²) in [6.07, 6.45) is 2.89. The number of aromatic nitrogens is 3. The lowest BCUT2D eigenvalue weighted by Crippen LogP contribution is -2.27. The van der Waals surface area contributed by atoms with E-state index in [0.717, 1.165) is 27.7 Å². The van der Waals surface area contributed by atoms with E-state index in [-0.39, 0.29) is 12.2 Å². The molecule has 1 amide bonds. The van der Waals surface area contributed by atoms with Gasteiger partial charge in [-0.3, -0.25) is 14.7 Å². The van der Waals surface area contributed by atoms with E-state index in [9.17, 15) is 9.18 Å². The van der Waals surface area contributed by atoms with Crippen molar-refractivity contribution in [2.75, 3.05) is 13.1 Å². The number of benzene rings is 1. The number of rotatable bonds is 7. The predicted octanol–water partition coefficient (Wildman–Crippen LogP) is 3.54. The molecule has 0 radical (unpaired) electrons. The summed E-state index contributed by atoms with van der Waals surface area (Å²) in [4.78, 5) is 27.1. The number of carbonyl (C=O) groups is 1. The Bertz CT molecular complexity index is 993. The molecule has 6 nitrogen and oxygen atoms in total. The van der Waals surface area contributed by atoms with Crippen LogP contribution < -0.4 is 5.32 Å². The highest BCUT2D eigenvalue weighted by atomic mass is 127. The van der Waals surface area contributed by atoms with E-state index in [4.69, 9.17) is 0 Å². The first kappa shape index (κ1) is 20.5. The van der Waals surface area contributed by atoms with Crippen LogP contribution in [0, 0.1) is 9.52 Å². The van der Waals surface area contributed by atoms with Gasteiger partial charge in [0.15, 0.2) is 0 Å². The number of hydrogen-bond donors (Lipinski definition) is 1. The molecule has 28 heavy (non-hydrogen) atoms. The summed E-state index contributed by atoms with van der Waals surface area (Å²) in [7, 11) is 0. The van der Waals surface area contributed by atoms with E-state index < -0.39 is 11.9 Å². The number of carbonyl (C=O) groups excluding carboxylic acids is 1. The van der Waals surface area contributed by atoms with Gasteiger partial charge in [0, 0.05) is 28.4 Å². The summed E-state index contributed by atoms with van der Waals surface area (Å²) in [6, 6.07) is 7.42. The first-order valence-corrected chi connectivity index (χ1v) is 10.1. The van der Waals surface area contributed by atoms with Crippen LogP contribution >= 0.6 is 22.6 Å². The van der Waals surface area contributed by atoms with Gasteiger partial charge in [0.2, 0.25) is 5.95 Å². The smallest absolute Gasteiger partial charge is 0.271 e. The molecule has 3 aromatic rings. The molecule has 0 atom stereocenters. The molecule has 1 aromatic carbocycles. The van der Waals surface area contributed by atoms with Crippen LogP contribution in [0.3, 0.4) is 0 Å². The number of nitrogens with zero attached hydrogens (tertiary/aromatic N) is 4. The standard InChI is InChI=1S/C20H21FIN5O/c1-3-27(4-2)12-13-7-8-23-19(21)15(13)10-25-20(28)18-11-24-17-9-14(22)5-6-16(17)26-18/h5-9,11H,3-4,10,12H2,1-2H3,(H,25,28). The van der Waals surface area contributed by atoms with Crippen LogP contribution in [0.2, 0.25) is 0 Å². The van der Waals surface area contributed by atoms with Gasteiger partial charge in [0.05, 0.1) is 17.2 Å². The Morgan fingerprint density at radius 2 is 1.96 bits per heavy atom. The average molecular weight is 493 g/mol. The highest BCUT2D eigenvalue weighted by Gasteiger charge is 2.15. The van der Waals surface area contributed by atoms with Gasteiger partial charge in [-0.2, -0.15) is 4.39 Å². The number of nitrogens with one attached hydrogen (secondary N) is 1. The number of hydrogen-bond acceptors (Lipinski definition) is 5. The van der Waals surface area contributed by atoms with Gasteiger partial charge in [-0.1, -0.05) is 13.8 Å². The average Bonchev–Trinajstić information content (AvgIpc) is 2.70. The van der Waals surface area contributed by atoms with Crippen molar-refractivity contribution in [2.45, 2.75) is 26.9 Å². The van der Waals surface area contributed by atoms with E-state index in [2.05, 4.69) is 61.6 Å². The fraction of sp³-hybridized carbons (Fsp3) is 0.300. The van der Waals surface area contributed by atoms with Gasteiger partial charge >= 0.3 is 0 Å². The van der Waals surface area contributed by atoms with Crippen LogP contribution in [-0.2, 0) is 13.1 Å². The Morgan fingerprint density at radius 1 is 1.18 bits per heavy atom. The van der Waals surface area contributed by atoms with E-state index in [0.29, 0.717) is 17.6 Å². The molecule has 0 fully saturated rings. The minimum Gasteiger partial charge on any atom is -0.346 e. The molecule has 3 rings (SSSR count). The summed E-state index contributed by atoms with van der Waals surface area (Å²) >= 11 is 2.20. The molecule has 146 valence electrons. The largest absolute Gasteiger partial charge is 0.346 e. The van der Waals surface area contributed by atoms with Crippen molar-refractivity contribution >= 4 is 39.5 Å². The van der Waals surface area contributed by atoms with Gasteiger partial charge in [-0.05, 0) is 65.5 Å². The molecule has 0 aliphatic heterocycles. The SMILES string of the molecule is CCN(CC)Cc1ccnc(F)c1CNC(=O)c1cnc2cc(I)ccc2n1. The Labute approximate surface area is 176 Å². The third-order valence-corrected chi connectivity index (χ3v) is 5.22.